The second kappa shape index (κ2) is 5.06. The number of esters is 1. The fourth-order valence-corrected chi connectivity index (χ4v) is 2.37. The summed E-state index contributed by atoms with van der Waals surface area (Å²) in [6.45, 7) is 1.79. The lowest BCUT2D eigenvalue weighted by Crippen LogP contribution is -2.42. The Bertz CT molecular complexity index is 449. The third-order valence-electron chi connectivity index (χ3n) is 3.81. The van der Waals surface area contributed by atoms with E-state index in [1.54, 1.807) is 18.2 Å². The first-order valence-corrected chi connectivity index (χ1v) is 6.20. The van der Waals surface area contributed by atoms with Crippen LogP contribution in [0.25, 0.3) is 0 Å². The summed E-state index contributed by atoms with van der Waals surface area (Å²) in [5.41, 5.74) is 5.71. The van der Waals surface area contributed by atoms with Gasteiger partial charge in [0.2, 0.25) is 0 Å². The Morgan fingerprint density at radius 3 is 2.89 bits per heavy atom. The highest BCUT2D eigenvalue weighted by Crippen LogP contribution is 2.37. The second-order valence-electron chi connectivity index (χ2n) is 5.08. The topological polar surface area (TPSA) is 52.3 Å². The fraction of sp³-hybridized carbons (Fsp3) is 0.500. The van der Waals surface area contributed by atoms with Crippen LogP contribution in [0.3, 0.4) is 0 Å². The molecule has 4 heteroatoms. The van der Waals surface area contributed by atoms with E-state index in [1.807, 2.05) is 6.92 Å². The van der Waals surface area contributed by atoms with E-state index >= 15 is 0 Å². The number of carbonyl (C=O) groups excluding carboxylic acids is 1. The molecule has 0 saturated heterocycles. The van der Waals surface area contributed by atoms with Crippen molar-refractivity contribution in [2.75, 3.05) is 0 Å². The summed E-state index contributed by atoms with van der Waals surface area (Å²) >= 11 is 0. The molecule has 98 valence electrons. The molecule has 0 aromatic heterocycles. The van der Waals surface area contributed by atoms with E-state index in [4.69, 9.17) is 10.5 Å². The molecular weight excluding hydrogens is 233 g/mol. The van der Waals surface area contributed by atoms with Gasteiger partial charge in [0.05, 0.1) is 5.41 Å². The van der Waals surface area contributed by atoms with Crippen molar-refractivity contribution in [3.05, 3.63) is 35.6 Å². The van der Waals surface area contributed by atoms with Crippen molar-refractivity contribution in [1.29, 1.82) is 0 Å². The number of nitrogens with two attached hydrogens (primary N) is 1. The van der Waals surface area contributed by atoms with Gasteiger partial charge in [0.15, 0.2) is 0 Å². The SMILES string of the molecule is CC1(C(=O)OCc2ccccc2F)CCCC1N. The largest absolute Gasteiger partial charge is 0.460 e. The highest BCUT2D eigenvalue weighted by Gasteiger charge is 2.44. The quantitative estimate of drug-likeness (QED) is 0.839. The molecule has 1 aromatic carbocycles. The maximum Gasteiger partial charge on any atom is 0.313 e. The summed E-state index contributed by atoms with van der Waals surface area (Å²) in [5.74, 6) is -0.679. The van der Waals surface area contributed by atoms with Gasteiger partial charge in [-0.25, -0.2) is 4.39 Å². The highest BCUT2D eigenvalue weighted by molar-refractivity contribution is 5.77. The molecule has 2 atom stereocenters. The van der Waals surface area contributed by atoms with Gasteiger partial charge in [-0.2, -0.15) is 0 Å². The van der Waals surface area contributed by atoms with Crippen molar-refractivity contribution < 1.29 is 13.9 Å². The lowest BCUT2D eigenvalue weighted by atomic mass is 9.85. The molecule has 1 aromatic rings. The van der Waals surface area contributed by atoms with Gasteiger partial charge in [0, 0.05) is 11.6 Å². The molecule has 18 heavy (non-hydrogen) atoms. The number of hydrogen-bond acceptors (Lipinski definition) is 3. The summed E-state index contributed by atoms with van der Waals surface area (Å²) in [4.78, 5) is 12.0. The van der Waals surface area contributed by atoms with Crippen molar-refractivity contribution in [2.24, 2.45) is 11.1 Å². The van der Waals surface area contributed by atoms with Crippen LogP contribution >= 0.6 is 0 Å². The second-order valence-corrected chi connectivity index (χ2v) is 5.08. The molecule has 0 aliphatic heterocycles. The van der Waals surface area contributed by atoms with Gasteiger partial charge in [-0.05, 0) is 25.8 Å². The van der Waals surface area contributed by atoms with Gasteiger partial charge in [0.25, 0.3) is 0 Å². The predicted molar refractivity (Wildman–Crippen MR) is 66.1 cm³/mol. The van der Waals surface area contributed by atoms with Gasteiger partial charge in [0.1, 0.15) is 12.4 Å². The number of hydrogen-bond donors (Lipinski definition) is 1. The Morgan fingerprint density at radius 1 is 1.56 bits per heavy atom. The van der Waals surface area contributed by atoms with Crippen LogP contribution in [0.2, 0.25) is 0 Å². The van der Waals surface area contributed by atoms with Crippen LogP contribution in [0, 0.1) is 11.2 Å². The Morgan fingerprint density at radius 2 is 2.28 bits per heavy atom. The molecule has 1 aliphatic carbocycles. The summed E-state index contributed by atoms with van der Waals surface area (Å²) in [6.07, 6.45) is 2.52. The van der Waals surface area contributed by atoms with E-state index in [-0.39, 0.29) is 24.4 Å². The maximum atomic E-state index is 13.4. The van der Waals surface area contributed by atoms with Gasteiger partial charge in [-0.1, -0.05) is 24.6 Å². The van der Waals surface area contributed by atoms with Crippen molar-refractivity contribution >= 4 is 5.97 Å². The monoisotopic (exact) mass is 251 g/mol. The van der Waals surface area contributed by atoms with Crippen molar-refractivity contribution in [1.82, 2.24) is 0 Å². The maximum absolute atomic E-state index is 13.4. The molecular formula is C14H18FNO2. The Kier molecular flexibility index (Phi) is 3.66. The standard InChI is InChI=1S/C14H18FNO2/c1-14(8-4-7-12(14)16)13(17)18-9-10-5-2-3-6-11(10)15/h2-3,5-6,12H,4,7-9,16H2,1H3. The van der Waals surface area contributed by atoms with Crippen molar-refractivity contribution in [3.8, 4) is 0 Å². The first kappa shape index (κ1) is 13.0. The first-order valence-electron chi connectivity index (χ1n) is 6.20. The van der Waals surface area contributed by atoms with Crippen LogP contribution in [0.5, 0.6) is 0 Å². The van der Waals surface area contributed by atoms with E-state index in [0.29, 0.717) is 5.56 Å². The van der Waals surface area contributed by atoms with E-state index in [2.05, 4.69) is 0 Å². The number of halogens is 1. The third-order valence-corrected chi connectivity index (χ3v) is 3.81. The molecule has 1 aliphatic rings. The molecule has 2 rings (SSSR count). The molecule has 0 radical (unpaired) electrons. The third kappa shape index (κ3) is 2.38. The minimum Gasteiger partial charge on any atom is -0.460 e. The highest BCUT2D eigenvalue weighted by atomic mass is 19.1. The number of ether oxygens (including phenoxy) is 1. The lowest BCUT2D eigenvalue weighted by molar-refractivity contribution is -0.156. The van der Waals surface area contributed by atoms with Gasteiger partial charge in [-0.3, -0.25) is 4.79 Å². The summed E-state index contributed by atoms with van der Waals surface area (Å²) < 4.78 is 18.6. The van der Waals surface area contributed by atoms with E-state index < -0.39 is 5.41 Å². The molecule has 0 spiro atoms. The average Bonchev–Trinajstić information content (AvgIpc) is 2.69. The van der Waals surface area contributed by atoms with Crippen LogP contribution in [-0.4, -0.2) is 12.0 Å². The van der Waals surface area contributed by atoms with Crippen molar-refractivity contribution in [2.45, 2.75) is 38.8 Å². The van der Waals surface area contributed by atoms with E-state index in [1.165, 1.54) is 6.07 Å². The minimum atomic E-state index is -0.620. The van der Waals surface area contributed by atoms with Crippen molar-refractivity contribution in [3.63, 3.8) is 0 Å². The molecule has 2 unspecified atom stereocenters. The average molecular weight is 251 g/mol. The normalized spacial score (nSPS) is 27.2. The molecule has 0 bridgehead atoms. The smallest absolute Gasteiger partial charge is 0.313 e. The summed E-state index contributed by atoms with van der Waals surface area (Å²) in [7, 11) is 0. The van der Waals surface area contributed by atoms with Crippen LogP contribution in [-0.2, 0) is 16.1 Å². The van der Waals surface area contributed by atoms with E-state index in [9.17, 15) is 9.18 Å². The van der Waals surface area contributed by atoms with Crippen LogP contribution < -0.4 is 5.73 Å². The number of carbonyl (C=O) groups is 1. The van der Waals surface area contributed by atoms with Gasteiger partial charge in [-0.15, -0.1) is 0 Å². The van der Waals surface area contributed by atoms with Crippen LogP contribution in [0.15, 0.2) is 24.3 Å². The van der Waals surface area contributed by atoms with Crippen LogP contribution in [0.1, 0.15) is 31.7 Å². The van der Waals surface area contributed by atoms with Crippen LogP contribution in [0.4, 0.5) is 4.39 Å². The van der Waals surface area contributed by atoms with Gasteiger partial charge >= 0.3 is 5.97 Å². The number of benzene rings is 1. The predicted octanol–water partition coefficient (Wildman–Crippen LogP) is 2.39. The Balaban J connectivity index is 1.99. The summed E-state index contributed by atoms with van der Waals surface area (Å²) in [5, 5.41) is 0. The molecule has 2 N–H and O–H groups in total. The molecule has 1 fully saturated rings. The molecule has 0 heterocycles. The van der Waals surface area contributed by atoms with Gasteiger partial charge < -0.3 is 10.5 Å². The molecule has 0 amide bonds. The minimum absolute atomic E-state index is 0.0339. The van der Waals surface area contributed by atoms with E-state index in [0.717, 1.165) is 19.3 Å². The fourth-order valence-electron chi connectivity index (χ4n) is 2.37. The zero-order valence-corrected chi connectivity index (χ0v) is 10.5. The molecule has 3 nitrogen and oxygen atoms in total. The Hall–Kier alpha value is -1.42. The summed E-state index contributed by atoms with van der Waals surface area (Å²) in [6, 6.07) is 6.13. The molecule has 1 saturated carbocycles. The number of rotatable bonds is 3. The first-order chi connectivity index (χ1) is 8.54. The zero-order chi connectivity index (χ0) is 13.2. The lowest BCUT2D eigenvalue weighted by Gasteiger charge is -2.26. The zero-order valence-electron chi connectivity index (χ0n) is 10.5. The Labute approximate surface area is 106 Å².